The van der Waals surface area contributed by atoms with Gasteiger partial charge in [-0.1, -0.05) is 55.0 Å². The van der Waals surface area contributed by atoms with Crippen LogP contribution >= 0.6 is 11.8 Å². The number of carbonyl (C=O) groups excluding carboxylic acids is 1. The van der Waals surface area contributed by atoms with E-state index in [0.717, 1.165) is 24.8 Å². The highest BCUT2D eigenvalue weighted by molar-refractivity contribution is 8.15. The summed E-state index contributed by atoms with van der Waals surface area (Å²) in [5.41, 5.74) is 4.05. The molecular formula is C21H25NO2S. The largest absolute Gasteiger partial charge is 0.515 e. The zero-order chi connectivity index (χ0) is 18.0. The van der Waals surface area contributed by atoms with Crippen molar-refractivity contribution >= 4 is 28.3 Å². The van der Waals surface area contributed by atoms with Crippen LogP contribution in [-0.4, -0.2) is 21.2 Å². The number of rotatable bonds is 2. The first-order valence-corrected chi connectivity index (χ1v) is 9.69. The summed E-state index contributed by atoms with van der Waals surface area (Å²) in [5, 5.41) is 10.3. The van der Waals surface area contributed by atoms with Crippen molar-refractivity contribution in [2.45, 2.75) is 51.7 Å². The lowest BCUT2D eigenvalue weighted by atomic mass is 9.70. The molecule has 25 heavy (non-hydrogen) atoms. The molecule has 3 rings (SSSR count). The number of hydrogen-bond donors (Lipinski definition) is 1. The zero-order valence-corrected chi connectivity index (χ0v) is 15.9. The van der Waals surface area contributed by atoms with Crippen LogP contribution in [0, 0.1) is 5.41 Å². The highest BCUT2D eigenvalue weighted by Gasteiger charge is 2.39. The van der Waals surface area contributed by atoms with Crippen LogP contribution < -0.4 is 0 Å². The van der Waals surface area contributed by atoms with E-state index in [0.29, 0.717) is 17.0 Å². The number of carbonyl (C=O) groups is 1. The highest BCUT2D eigenvalue weighted by atomic mass is 32.2. The molecule has 132 valence electrons. The molecule has 0 saturated carbocycles. The third-order valence-electron chi connectivity index (χ3n) is 5.14. The van der Waals surface area contributed by atoms with E-state index in [1.807, 2.05) is 30.3 Å². The summed E-state index contributed by atoms with van der Waals surface area (Å²) in [6.07, 6.45) is 4.82. The maximum Gasteiger partial charge on any atom is 0.170 e. The van der Waals surface area contributed by atoms with Gasteiger partial charge in [-0.25, -0.2) is 4.99 Å². The Balaban J connectivity index is 2.00. The van der Waals surface area contributed by atoms with E-state index >= 15 is 0 Å². The summed E-state index contributed by atoms with van der Waals surface area (Å²) in [5.74, 6) is -0.0254. The summed E-state index contributed by atoms with van der Waals surface area (Å²) < 4.78 is 0. The fourth-order valence-electron chi connectivity index (χ4n) is 3.99. The topological polar surface area (TPSA) is 49.7 Å². The second kappa shape index (κ2) is 7.20. The number of thioether (sulfide) groups is 1. The van der Waals surface area contributed by atoms with Crippen molar-refractivity contribution in [2.24, 2.45) is 10.4 Å². The Morgan fingerprint density at radius 1 is 1.28 bits per heavy atom. The fourth-order valence-corrected chi connectivity index (χ4v) is 5.58. The van der Waals surface area contributed by atoms with Gasteiger partial charge < -0.3 is 5.11 Å². The first-order valence-electron chi connectivity index (χ1n) is 8.81. The van der Waals surface area contributed by atoms with Crippen molar-refractivity contribution in [1.29, 1.82) is 0 Å². The Kier molecular flexibility index (Phi) is 5.19. The van der Waals surface area contributed by atoms with Crippen LogP contribution in [0.5, 0.6) is 0 Å². The number of benzene rings is 1. The van der Waals surface area contributed by atoms with Crippen molar-refractivity contribution in [1.82, 2.24) is 0 Å². The van der Waals surface area contributed by atoms with Crippen LogP contribution in [0.1, 0.15) is 46.5 Å². The van der Waals surface area contributed by atoms with Gasteiger partial charge in [-0.3, -0.25) is 4.79 Å². The molecule has 1 atom stereocenters. The number of aliphatic hydroxyl groups is 1. The summed E-state index contributed by atoms with van der Waals surface area (Å²) in [6, 6.07) is 9.60. The molecule has 1 unspecified atom stereocenters. The van der Waals surface area contributed by atoms with Crippen LogP contribution in [0.3, 0.4) is 0 Å². The normalized spacial score (nSPS) is 27.2. The number of aliphatic hydroxyl groups excluding tert-OH is 1. The third-order valence-corrected chi connectivity index (χ3v) is 6.36. The number of aliphatic imine (C=N–C) groups is 1. The molecule has 1 aromatic carbocycles. The van der Waals surface area contributed by atoms with Gasteiger partial charge in [-0.2, -0.15) is 0 Å². The average molecular weight is 356 g/mol. The van der Waals surface area contributed by atoms with Gasteiger partial charge in [0.1, 0.15) is 5.04 Å². The Labute approximate surface area is 153 Å². The first kappa shape index (κ1) is 18.0. The van der Waals surface area contributed by atoms with Crippen LogP contribution in [-0.2, 0) is 4.79 Å². The van der Waals surface area contributed by atoms with Gasteiger partial charge in [-0.05, 0) is 43.7 Å². The van der Waals surface area contributed by atoms with Gasteiger partial charge in [0.25, 0.3) is 0 Å². The molecule has 0 radical (unpaired) electrons. The molecule has 0 spiro atoms. The maximum absolute atomic E-state index is 12.7. The molecule has 1 saturated heterocycles. The summed E-state index contributed by atoms with van der Waals surface area (Å²) in [6.45, 7) is 6.76. The van der Waals surface area contributed by atoms with Gasteiger partial charge in [-0.15, -0.1) is 0 Å². The highest BCUT2D eigenvalue weighted by Crippen LogP contribution is 2.48. The lowest BCUT2D eigenvalue weighted by Gasteiger charge is -2.40. The lowest BCUT2D eigenvalue weighted by molar-refractivity contribution is -0.115. The molecular weight excluding hydrogens is 330 g/mol. The molecule has 1 aromatic rings. The smallest absolute Gasteiger partial charge is 0.170 e. The van der Waals surface area contributed by atoms with Crippen molar-refractivity contribution < 1.29 is 9.90 Å². The minimum atomic E-state index is -0.0254. The van der Waals surface area contributed by atoms with Gasteiger partial charge >= 0.3 is 0 Å². The quantitative estimate of drug-likeness (QED) is 0.417. The Hall–Kier alpha value is -1.81. The predicted octanol–water partition coefficient (Wildman–Crippen LogP) is 5.76. The summed E-state index contributed by atoms with van der Waals surface area (Å²) in [7, 11) is 0. The van der Waals surface area contributed by atoms with Crippen molar-refractivity contribution in [3.05, 3.63) is 53.3 Å². The second-order valence-corrected chi connectivity index (χ2v) is 8.65. The first-order chi connectivity index (χ1) is 11.9. The molecule has 1 heterocycles. The molecule has 1 aliphatic heterocycles. The summed E-state index contributed by atoms with van der Waals surface area (Å²) in [4.78, 5) is 17.3. The third kappa shape index (κ3) is 3.74. The van der Waals surface area contributed by atoms with Crippen LogP contribution in [0.15, 0.2) is 58.3 Å². The zero-order valence-electron chi connectivity index (χ0n) is 15.1. The minimum absolute atomic E-state index is 0.0254. The van der Waals surface area contributed by atoms with Gasteiger partial charge in [0.2, 0.25) is 0 Å². The molecule has 4 heteroatoms. The van der Waals surface area contributed by atoms with Gasteiger partial charge in [0.15, 0.2) is 5.78 Å². The van der Waals surface area contributed by atoms with E-state index in [9.17, 15) is 9.90 Å². The molecule has 3 nitrogen and oxygen atoms in total. The molecule has 2 aliphatic rings. The van der Waals surface area contributed by atoms with E-state index in [2.05, 4.69) is 25.8 Å². The SMILES string of the molecule is CC1=C(C2CC(=O)C(=CO)C(=Nc3ccccc3)S2)C(C)(C)CCC1. The van der Waals surface area contributed by atoms with E-state index in [-0.39, 0.29) is 16.4 Å². The number of hydrogen-bond acceptors (Lipinski definition) is 4. The molecule has 1 N–H and O–H groups in total. The monoisotopic (exact) mass is 355 g/mol. The number of Topliss-reactive ketones (excluding diaryl/α,β-unsaturated/α-hetero) is 1. The molecule has 0 aromatic heterocycles. The minimum Gasteiger partial charge on any atom is -0.515 e. The molecule has 0 amide bonds. The van der Waals surface area contributed by atoms with E-state index in [4.69, 9.17) is 0 Å². The average Bonchev–Trinajstić information content (AvgIpc) is 2.55. The van der Waals surface area contributed by atoms with Crippen molar-refractivity contribution in [2.75, 3.05) is 0 Å². The van der Waals surface area contributed by atoms with Crippen molar-refractivity contribution in [3.8, 4) is 0 Å². The number of ketones is 1. The van der Waals surface area contributed by atoms with E-state index in [1.165, 1.54) is 17.6 Å². The lowest BCUT2D eigenvalue weighted by Crippen LogP contribution is -2.33. The van der Waals surface area contributed by atoms with Gasteiger partial charge in [0.05, 0.1) is 17.5 Å². The second-order valence-electron chi connectivity index (χ2n) is 7.46. The van der Waals surface area contributed by atoms with Crippen molar-refractivity contribution in [3.63, 3.8) is 0 Å². The van der Waals surface area contributed by atoms with E-state index < -0.39 is 0 Å². The van der Waals surface area contributed by atoms with Gasteiger partial charge in [0, 0.05) is 11.7 Å². The predicted molar refractivity (Wildman–Crippen MR) is 106 cm³/mol. The number of allylic oxidation sites excluding steroid dienone is 1. The van der Waals surface area contributed by atoms with E-state index in [1.54, 1.807) is 11.8 Å². The molecule has 1 aliphatic carbocycles. The van der Waals surface area contributed by atoms with Crippen LogP contribution in [0.4, 0.5) is 5.69 Å². The molecule has 1 fully saturated rings. The Morgan fingerprint density at radius 2 is 2.00 bits per heavy atom. The Morgan fingerprint density at radius 3 is 2.64 bits per heavy atom. The molecule has 0 bridgehead atoms. The van der Waals surface area contributed by atoms with Crippen LogP contribution in [0.25, 0.3) is 0 Å². The number of para-hydroxylation sites is 1. The fraction of sp³-hybridized carbons (Fsp3) is 0.429. The summed E-state index contributed by atoms with van der Waals surface area (Å²) >= 11 is 1.62. The number of nitrogens with zero attached hydrogens (tertiary/aromatic N) is 1. The Bertz CT molecular complexity index is 759. The standard InChI is InChI=1S/C21H25NO2S/c1-14-8-7-11-21(2,3)19(14)18-12-17(24)16(13-23)20(25-18)22-15-9-5-4-6-10-15/h4-6,9-10,13,18,23H,7-8,11-12H2,1-3H3. The van der Waals surface area contributed by atoms with Crippen LogP contribution in [0.2, 0.25) is 0 Å². The maximum atomic E-state index is 12.7.